The van der Waals surface area contributed by atoms with Gasteiger partial charge in [-0.25, -0.2) is 4.79 Å². The van der Waals surface area contributed by atoms with Crippen LogP contribution >= 0.6 is 0 Å². The Labute approximate surface area is 167 Å². The Balaban J connectivity index is 1.53. The van der Waals surface area contributed by atoms with E-state index in [0.29, 0.717) is 15.8 Å². The predicted octanol–water partition coefficient (Wildman–Crippen LogP) is -0.124. The van der Waals surface area contributed by atoms with E-state index in [0.717, 1.165) is 12.3 Å². The van der Waals surface area contributed by atoms with E-state index in [4.69, 9.17) is 9.84 Å². The van der Waals surface area contributed by atoms with Crippen LogP contribution in [0.15, 0.2) is 35.3 Å². The second kappa shape index (κ2) is 7.23. The normalized spacial score (nSPS) is 24.4. The summed E-state index contributed by atoms with van der Waals surface area (Å²) in [6.45, 7) is -0.856. The molecule has 0 aliphatic carbocycles. The molecule has 4 rings (SSSR count). The molecular formula is C18H16F2N4O6. The Morgan fingerprint density at radius 1 is 1.37 bits per heavy atom. The van der Waals surface area contributed by atoms with Crippen LogP contribution in [0.5, 0.6) is 0 Å². The van der Waals surface area contributed by atoms with Gasteiger partial charge >= 0.3 is 11.6 Å². The number of hydrogen-bond donors (Lipinski definition) is 4. The summed E-state index contributed by atoms with van der Waals surface area (Å²) >= 11 is 0. The standard InChI is InChI=1S/C18H16F2N4O6/c19-18(20)14(27)11(7-25)30-16(18)24-4-3-12(23-17(24)29)22-15(28)8-1-2-10-9(5-8)6-13(26)21-10/h1-5,11,14,16,25,27H,6-7H2,(H,21,26)(H,22,23,28,29)/t11-,14-,16?/m1/s1. The summed E-state index contributed by atoms with van der Waals surface area (Å²) in [6.07, 6.45) is -4.92. The minimum absolute atomic E-state index is 0.140. The predicted molar refractivity (Wildman–Crippen MR) is 97.2 cm³/mol. The summed E-state index contributed by atoms with van der Waals surface area (Å²) in [7, 11) is 0. The minimum Gasteiger partial charge on any atom is -0.394 e. The number of anilines is 2. The molecular weight excluding hydrogens is 406 g/mol. The van der Waals surface area contributed by atoms with Gasteiger partial charge in [-0.3, -0.25) is 14.2 Å². The van der Waals surface area contributed by atoms with Gasteiger partial charge in [0.1, 0.15) is 11.9 Å². The second-order valence-electron chi connectivity index (χ2n) is 6.88. The van der Waals surface area contributed by atoms with Gasteiger partial charge in [-0.15, -0.1) is 0 Å². The molecule has 4 N–H and O–H groups in total. The monoisotopic (exact) mass is 422 g/mol. The van der Waals surface area contributed by atoms with Crippen molar-refractivity contribution in [2.24, 2.45) is 0 Å². The highest BCUT2D eigenvalue weighted by molar-refractivity contribution is 6.06. The number of benzene rings is 1. The molecule has 2 amide bonds. The second-order valence-corrected chi connectivity index (χ2v) is 6.88. The van der Waals surface area contributed by atoms with E-state index in [9.17, 15) is 28.3 Å². The number of hydrogen-bond acceptors (Lipinski definition) is 7. The number of aliphatic hydroxyl groups is 2. The van der Waals surface area contributed by atoms with Crippen LogP contribution in [-0.4, -0.2) is 56.3 Å². The summed E-state index contributed by atoms with van der Waals surface area (Å²) < 4.78 is 33.8. The Bertz CT molecular complexity index is 1090. The van der Waals surface area contributed by atoms with Crippen molar-refractivity contribution in [2.75, 3.05) is 17.2 Å². The summed E-state index contributed by atoms with van der Waals surface area (Å²) in [5, 5.41) is 23.6. The number of nitrogens with zero attached hydrogens (tertiary/aromatic N) is 2. The lowest BCUT2D eigenvalue weighted by atomic mass is 10.1. The van der Waals surface area contributed by atoms with E-state index in [1.807, 2.05) is 0 Å². The highest BCUT2D eigenvalue weighted by Gasteiger charge is 2.59. The highest BCUT2D eigenvalue weighted by Crippen LogP contribution is 2.42. The van der Waals surface area contributed by atoms with Gasteiger partial charge in [-0.05, 0) is 29.8 Å². The molecule has 2 aliphatic rings. The summed E-state index contributed by atoms with van der Waals surface area (Å²) in [6, 6.07) is 5.69. The maximum absolute atomic E-state index is 14.2. The topological polar surface area (TPSA) is 143 Å². The van der Waals surface area contributed by atoms with Crippen LogP contribution < -0.4 is 16.3 Å². The van der Waals surface area contributed by atoms with E-state index < -0.39 is 42.6 Å². The third kappa shape index (κ3) is 3.34. The molecule has 1 unspecified atom stereocenters. The van der Waals surface area contributed by atoms with Crippen molar-refractivity contribution in [3.63, 3.8) is 0 Å². The van der Waals surface area contributed by atoms with Crippen LogP contribution in [0.2, 0.25) is 0 Å². The van der Waals surface area contributed by atoms with Gasteiger partial charge in [0.2, 0.25) is 12.1 Å². The maximum atomic E-state index is 14.2. The van der Waals surface area contributed by atoms with E-state index in [1.165, 1.54) is 12.1 Å². The molecule has 1 saturated heterocycles. The van der Waals surface area contributed by atoms with E-state index in [1.54, 1.807) is 6.07 Å². The van der Waals surface area contributed by atoms with Gasteiger partial charge in [0.05, 0.1) is 13.0 Å². The van der Waals surface area contributed by atoms with Crippen LogP contribution in [0.1, 0.15) is 22.1 Å². The van der Waals surface area contributed by atoms with Crippen molar-refractivity contribution in [3.05, 3.63) is 52.1 Å². The lowest BCUT2D eigenvalue weighted by Crippen LogP contribution is -2.41. The molecule has 0 bridgehead atoms. The van der Waals surface area contributed by atoms with Crippen LogP contribution in [0, 0.1) is 0 Å². The number of nitrogens with one attached hydrogen (secondary N) is 2. The van der Waals surface area contributed by atoms with Gasteiger partial charge in [0.25, 0.3) is 5.91 Å². The third-order valence-corrected chi connectivity index (χ3v) is 4.88. The number of aromatic nitrogens is 2. The quantitative estimate of drug-likeness (QED) is 0.538. The molecule has 0 spiro atoms. The van der Waals surface area contributed by atoms with Crippen molar-refractivity contribution < 1.29 is 33.3 Å². The maximum Gasteiger partial charge on any atom is 0.351 e. The highest BCUT2D eigenvalue weighted by atomic mass is 19.3. The number of ether oxygens (including phenoxy) is 1. The summed E-state index contributed by atoms with van der Waals surface area (Å²) in [5.41, 5.74) is 0.328. The summed E-state index contributed by atoms with van der Waals surface area (Å²) in [4.78, 5) is 39.6. The lowest BCUT2D eigenvalue weighted by Gasteiger charge is -2.21. The van der Waals surface area contributed by atoms with Crippen molar-refractivity contribution in [1.29, 1.82) is 0 Å². The SMILES string of the molecule is O=C1Cc2cc(C(=O)Nc3ccn(C4O[C@H](CO)[C@@H](O)C4(F)F)c(=O)n3)ccc2N1. The molecule has 0 saturated carbocycles. The zero-order chi connectivity index (χ0) is 21.6. The molecule has 10 nitrogen and oxygen atoms in total. The molecule has 3 heterocycles. The molecule has 30 heavy (non-hydrogen) atoms. The Morgan fingerprint density at radius 2 is 2.13 bits per heavy atom. The average molecular weight is 422 g/mol. The Morgan fingerprint density at radius 3 is 2.80 bits per heavy atom. The first-order valence-electron chi connectivity index (χ1n) is 8.86. The number of alkyl halides is 2. The van der Waals surface area contributed by atoms with E-state index in [-0.39, 0.29) is 23.7 Å². The van der Waals surface area contributed by atoms with Crippen molar-refractivity contribution in [1.82, 2.24) is 9.55 Å². The molecule has 12 heteroatoms. The molecule has 2 aliphatic heterocycles. The molecule has 2 aromatic rings. The number of halogens is 2. The van der Waals surface area contributed by atoms with Crippen molar-refractivity contribution in [3.8, 4) is 0 Å². The largest absolute Gasteiger partial charge is 0.394 e. The fraction of sp³-hybridized carbons (Fsp3) is 0.333. The van der Waals surface area contributed by atoms with Crippen LogP contribution in [0.4, 0.5) is 20.3 Å². The van der Waals surface area contributed by atoms with Gasteiger partial charge in [0, 0.05) is 17.4 Å². The zero-order valence-electron chi connectivity index (χ0n) is 15.2. The van der Waals surface area contributed by atoms with E-state index in [2.05, 4.69) is 15.6 Å². The first kappa shape index (κ1) is 20.1. The van der Waals surface area contributed by atoms with Crippen LogP contribution in [-0.2, 0) is 16.0 Å². The fourth-order valence-corrected chi connectivity index (χ4v) is 3.34. The molecule has 0 radical (unpaired) electrons. The van der Waals surface area contributed by atoms with E-state index >= 15 is 0 Å². The molecule has 1 fully saturated rings. The fourth-order valence-electron chi connectivity index (χ4n) is 3.34. The molecule has 1 aromatic carbocycles. The number of amides is 2. The molecule has 1 aromatic heterocycles. The third-order valence-electron chi connectivity index (χ3n) is 4.88. The van der Waals surface area contributed by atoms with Crippen LogP contribution in [0.3, 0.4) is 0 Å². The van der Waals surface area contributed by atoms with Crippen molar-refractivity contribution in [2.45, 2.75) is 30.8 Å². The number of rotatable bonds is 4. The van der Waals surface area contributed by atoms with Crippen molar-refractivity contribution >= 4 is 23.3 Å². The van der Waals surface area contributed by atoms with Gasteiger partial charge in [-0.2, -0.15) is 13.8 Å². The number of carbonyl (C=O) groups excluding carboxylic acids is 2. The first-order valence-corrected chi connectivity index (χ1v) is 8.86. The smallest absolute Gasteiger partial charge is 0.351 e. The van der Waals surface area contributed by atoms with Gasteiger partial charge in [0.15, 0.2) is 6.10 Å². The molecule has 3 atom stereocenters. The van der Waals surface area contributed by atoms with Gasteiger partial charge < -0.3 is 25.6 Å². The first-order chi connectivity index (χ1) is 14.2. The lowest BCUT2D eigenvalue weighted by molar-refractivity contribution is -0.140. The molecule has 158 valence electrons. The zero-order valence-corrected chi connectivity index (χ0v) is 15.2. The number of fused-ring (bicyclic) bond motifs is 1. The minimum atomic E-state index is -3.83. The summed E-state index contributed by atoms with van der Waals surface area (Å²) in [5.74, 6) is -4.82. The number of aliphatic hydroxyl groups excluding tert-OH is 2. The number of carbonyl (C=O) groups is 2. The van der Waals surface area contributed by atoms with Gasteiger partial charge in [-0.1, -0.05) is 0 Å². The van der Waals surface area contributed by atoms with Crippen LogP contribution in [0.25, 0.3) is 0 Å². The Hall–Kier alpha value is -3.22. The Kier molecular flexibility index (Phi) is 4.84. The average Bonchev–Trinajstić information content (AvgIpc) is 3.18.